The minimum atomic E-state index is -0.360. The molecule has 0 aliphatic heterocycles. The number of rotatable bonds is 5. The fourth-order valence-electron chi connectivity index (χ4n) is 2.62. The van der Waals surface area contributed by atoms with Gasteiger partial charge in [-0.2, -0.15) is 11.8 Å². The fourth-order valence-corrected chi connectivity index (χ4v) is 3.45. The van der Waals surface area contributed by atoms with Gasteiger partial charge < -0.3 is 10.1 Å². The highest BCUT2D eigenvalue weighted by Gasteiger charge is 2.22. The molecular formula is C15H23N3O2S. The molecule has 1 aliphatic carbocycles. The number of nitrogens with one attached hydrogen (secondary N) is 1. The van der Waals surface area contributed by atoms with Crippen molar-refractivity contribution in [1.29, 1.82) is 0 Å². The highest BCUT2D eigenvalue weighted by molar-refractivity contribution is 7.99. The minimum absolute atomic E-state index is 0.358. The summed E-state index contributed by atoms with van der Waals surface area (Å²) in [5.41, 5.74) is 1.09. The summed E-state index contributed by atoms with van der Waals surface area (Å²) < 4.78 is 4.99. The zero-order valence-corrected chi connectivity index (χ0v) is 13.7. The molecule has 1 fully saturated rings. The van der Waals surface area contributed by atoms with Crippen LogP contribution in [0.1, 0.15) is 48.7 Å². The van der Waals surface area contributed by atoms with E-state index in [1.807, 2.05) is 18.7 Å². The van der Waals surface area contributed by atoms with Gasteiger partial charge in [0.25, 0.3) is 0 Å². The van der Waals surface area contributed by atoms with Gasteiger partial charge in [-0.25, -0.2) is 14.8 Å². The molecule has 0 bridgehead atoms. The Labute approximate surface area is 130 Å². The van der Waals surface area contributed by atoms with E-state index >= 15 is 0 Å². The first-order chi connectivity index (χ1) is 10.1. The lowest BCUT2D eigenvalue weighted by Crippen LogP contribution is -2.29. The van der Waals surface area contributed by atoms with Crippen LogP contribution in [-0.4, -0.2) is 40.1 Å². The summed E-state index contributed by atoms with van der Waals surface area (Å²) in [7, 11) is 0. The summed E-state index contributed by atoms with van der Waals surface area (Å²) in [5, 5.41) is 4.12. The first kappa shape index (κ1) is 16.1. The van der Waals surface area contributed by atoms with Crippen molar-refractivity contribution in [3.05, 3.63) is 17.5 Å². The average molecular weight is 309 g/mol. The molecule has 0 aromatic carbocycles. The van der Waals surface area contributed by atoms with Crippen LogP contribution in [0, 0.1) is 6.92 Å². The number of hydrogen-bond acceptors (Lipinski definition) is 6. The van der Waals surface area contributed by atoms with Gasteiger partial charge in [-0.05, 0) is 39.4 Å². The molecule has 1 aliphatic rings. The number of hydrogen-bond donors (Lipinski definition) is 1. The molecule has 2 atom stereocenters. The predicted molar refractivity (Wildman–Crippen MR) is 85.9 cm³/mol. The summed E-state index contributed by atoms with van der Waals surface area (Å²) in [5.74, 6) is 0.244. The Balaban J connectivity index is 2.01. The molecule has 0 saturated heterocycles. The van der Waals surface area contributed by atoms with Gasteiger partial charge in [0.2, 0.25) is 5.95 Å². The van der Waals surface area contributed by atoms with Crippen LogP contribution in [0.4, 0.5) is 5.95 Å². The third-order valence-electron chi connectivity index (χ3n) is 3.77. The van der Waals surface area contributed by atoms with Gasteiger partial charge in [0.15, 0.2) is 0 Å². The van der Waals surface area contributed by atoms with Crippen molar-refractivity contribution in [2.45, 2.75) is 50.8 Å². The minimum Gasteiger partial charge on any atom is -0.462 e. The lowest BCUT2D eigenvalue weighted by atomic mass is 9.95. The lowest BCUT2D eigenvalue weighted by molar-refractivity contribution is 0.0524. The first-order valence-electron chi connectivity index (χ1n) is 7.44. The third-order valence-corrected chi connectivity index (χ3v) is 4.86. The van der Waals surface area contributed by atoms with Crippen molar-refractivity contribution in [3.63, 3.8) is 0 Å². The Hall–Kier alpha value is -1.30. The number of anilines is 1. The van der Waals surface area contributed by atoms with Crippen LogP contribution in [0.15, 0.2) is 6.20 Å². The number of nitrogens with zero attached hydrogens (tertiary/aromatic N) is 2. The van der Waals surface area contributed by atoms with Crippen LogP contribution in [0.3, 0.4) is 0 Å². The number of aryl methyl sites for hydroxylation is 1. The number of thioether (sulfide) groups is 1. The second kappa shape index (κ2) is 7.64. The average Bonchev–Trinajstić information content (AvgIpc) is 2.47. The molecular weight excluding hydrogens is 286 g/mol. The Morgan fingerprint density at radius 2 is 2.33 bits per heavy atom. The summed E-state index contributed by atoms with van der Waals surface area (Å²) in [6.07, 6.45) is 8.55. The largest absolute Gasteiger partial charge is 0.462 e. The maximum Gasteiger partial charge on any atom is 0.341 e. The van der Waals surface area contributed by atoms with Gasteiger partial charge >= 0.3 is 5.97 Å². The van der Waals surface area contributed by atoms with Gasteiger partial charge in [0, 0.05) is 17.5 Å². The van der Waals surface area contributed by atoms with Crippen molar-refractivity contribution >= 4 is 23.7 Å². The van der Waals surface area contributed by atoms with Gasteiger partial charge in [-0.1, -0.05) is 6.42 Å². The molecule has 0 radical (unpaired) electrons. The van der Waals surface area contributed by atoms with Crippen LogP contribution in [0.2, 0.25) is 0 Å². The molecule has 21 heavy (non-hydrogen) atoms. The zero-order chi connectivity index (χ0) is 15.2. The van der Waals surface area contributed by atoms with Crippen LogP contribution >= 0.6 is 11.8 Å². The Bertz CT molecular complexity index is 496. The van der Waals surface area contributed by atoms with Crippen molar-refractivity contribution in [2.75, 3.05) is 18.2 Å². The SMILES string of the molecule is CCOC(=O)c1cnc(NC2CCCC(SC)C2)nc1C. The molecule has 1 saturated carbocycles. The van der Waals surface area contributed by atoms with E-state index in [-0.39, 0.29) is 5.97 Å². The van der Waals surface area contributed by atoms with E-state index < -0.39 is 0 Å². The van der Waals surface area contributed by atoms with Crippen molar-refractivity contribution in [2.24, 2.45) is 0 Å². The standard InChI is InChI=1S/C15H23N3O2S/c1-4-20-14(19)13-9-16-15(17-10(13)2)18-11-6-5-7-12(8-11)21-3/h9,11-12H,4-8H2,1-3H3,(H,16,17,18). The monoisotopic (exact) mass is 309 g/mol. The number of carbonyl (C=O) groups is 1. The van der Waals surface area contributed by atoms with Crippen LogP contribution < -0.4 is 5.32 Å². The maximum atomic E-state index is 11.7. The van der Waals surface area contributed by atoms with Crippen molar-refractivity contribution in [3.8, 4) is 0 Å². The molecule has 5 nitrogen and oxygen atoms in total. The molecule has 1 aromatic rings. The summed E-state index contributed by atoms with van der Waals surface area (Å²) in [4.78, 5) is 20.4. The Morgan fingerprint density at radius 3 is 3.00 bits per heavy atom. The highest BCUT2D eigenvalue weighted by atomic mass is 32.2. The molecule has 1 N–H and O–H groups in total. The van der Waals surface area contributed by atoms with E-state index in [0.29, 0.717) is 29.9 Å². The quantitative estimate of drug-likeness (QED) is 0.843. The normalized spacial score (nSPS) is 21.9. The highest BCUT2D eigenvalue weighted by Crippen LogP contribution is 2.28. The van der Waals surface area contributed by atoms with Gasteiger partial charge in [0.05, 0.1) is 17.9 Å². The molecule has 1 aromatic heterocycles. The molecule has 0 amide bonds. The van der Waals surface area contributed by atoms with Gasteiger partial charge in [0.1, 0.15) is 0 Å². The molecule has 2 rings (SSSR count). The molecule has 6 heteroatoms. The van der Waals surface area contributed by atoms with E-state index in [1.54, 1.807) is 13.1 Å². The van der Waals surface area contributed by atoms with E-state index in [2.05, 4.69) is 21.5 Å². The van der Waals surface area contributed by atoms with E-state index in [9.17, 15) is 4.79 Å². The smallest absolute Gasteiger partial charge is 0.341 e. The maximum absolute atomic E-state index is 11.7. The van der Waals surface area contributed by atoms with E-state index in [4.69, 9.17) is 4.74 Å². The van der Waals surface area contributed by atoms with Crippen LogP contribution in [0.25, 0.3) is 0 Å². The second-order valence-corrected chi connectivity index (χ2v) is 6.42. The van der Waals surface area contributed by atoms with Gasteiger partial charge in [-0.15, -0.1) is 0 Å². The van der Waals surface area contributed by atoms with E-state index in [1.165, 1.54) is 12.8 Å². The topological polar surface area (TPSA) is 64.1 Å². The lowest BCUT2D eigenvalue weighted by Gasteiger charge is -2.28. The third kappa shape index (κ3) is 4.33. The molecule has 1 heterocycles. The van der Waals surface area contributed by atoms with Gasteiger partial charge in [-0.3, -0.25) is 0 Å². The second-order valence-electron chi connectivity index (χ2n) is 5.28. The number of carbonyl (C=O) groups excluding carboxylic acids is 1. The summed E-state index contributed by atoms with van der Waals surface area (Å²) in [6.45, 7) is 3.95. The predicted octanol–water partition coefficient (Wildman–Crippen LogP) is 3.05. The Morgan fingerprint density at radius 1 is 1.52 bits per heavy atom. The number of aromatic nitrogens is 2. The fraction of sp³-hybridized carbons (Fsp3) is 0.667. The molecule has 2 unspecified atom stereocenters. The first-order valence-corrected chi connectivity index (χ1v) is 8.73. The van der Waals surface area contributed by atoms with Crippen molar-refractivity contribution < 1.29 is 9.53 Å². The van der Waals surface area contributed by atoms with E-state index in [0.717, 1.165) is 18.1 Å². The number of ether oxygens (including phenoxy) is 1. The summed E-state index contributed by atoms with van der Waals surface area (Å²) in [6, 6.07) is 0.420. The zero-order valence-electron chi connectivity index (χ0n) is 12.9. The van der Waals surface area contributed by atoms with Crippen molar-refractivity contribution in [1.82, 2.24) is 9.97 Å². The number of esters is 1. The molecule has 116 valence electrons. The van der Waals surface area contributed by atoms with Crippen LogP contribution in [-0.2, 0) is 4.74 Å². The molecule has 0 spiro atoms. The summed E-state index contributed by atoms with van der Waals surface area (Å²) >= 11 is 1.93. The Kier molecular flexibility index (Phi) is 5.85. The van der Waals surface area contributed by atoms with Crippen LogP contribution in [0.5, 0.6) is 0 Å².